The van der Waals surface area contributed by atoms with Crippen LogP contribution >= 0.6 is 22.9 Å². The van der Waals surface area contributed by atoms with E-state index in [1.54, 1.807) is 42.7 Å². The lowest BCUT2D eigenvalue weighted by atomic mass is 10.2. The molecule has 0 aliphatic rings. The minimum absolute atomic E-state index is 0.116. The minimum atomic E-state index is -0.316. The molecule has 10 heteroatoms. The third-order valence-electron chi connectivity index (χ3n) is 5.46. The van der Waals surface area contributed by atoms with E-state index in [9.17, 15) is 9.18 Å². The number of benzene rings is 2. The number of hydrogen-bond donors (Lipinski definition) is 2. The van der Waals surface area contributed by atoms with Crippen LogP contribution in [0.5, 0.6) is 5.75 Å². The lowest BCUT2D eigenvalue weighted by Crippen LogP contribution is -2.25. The number of rotatable bonds is 8. The highest BCUT2D eigenvalue weighted by molar-refractivity contribution is 7.20. The number of nitrogens with zero attached hydrogens (tertiary/aromatic N) is 3. The van der Waals surface area contributed by atoms with Crippen LogP contribution in [0.1, 0.15) is 16.0 Å². The van der Waals surface area contributed by atoms with E-state index in [1.165, 1.54) is 29.8 Å². The number of fused-ring (bicyclic) bond motifs is 1. The van der Waals surface area contributed by atoms with Crippen molar-refractivity contribution < 1.29 is 13.9 Å². The number of hydrogen-bond acceptors (Lipinski definition) is 7. The van der Waals surface area contributed by atoms with Crippen molar-refractivity contribution in [3.05, 3.63) is 106 Å². The largest absolute Gasteiger partial charge is 0.487 e. The molecule has 5 aromatic rings. The Bertz CT molecular complexity index is 1680. The molecule has 0 aliphatic carbocycles. The van der Waals surface area contributed by atoms with Gasteiger partial charge in [0.2, 0.25) is 5.91 Å². The Kier molecular flexibility index (Phi) is 8.26. The fourth-order valence-electron chi connectivity index (χ4n) is 3.65. The van der Waals surface area contributed by atoms with Crippen molar-refractivity contribution in [3.8, 4) is 17.6 Å². The number of amides is 1. The van der Waals surface area contributed by atoms with Gasteiger partial charge in [0, 0.05) is 18.1 Å². The lowest BCUT2D eigenvalue weighted by molar-refractivity contribution is -0.120. The first-order valence-corrected chi connectivity index (χ1v) is 13.1. The van der Waals surface area contributed by atoms with E-state index in [0.717, 1.165) is 26.3 Å². The maximum absolute atomic E-state index is 13.4. The van der Waals surface area contributed by atoms with Gasteiger partial charge in [-0.05, 0) is 53.6 Å². The van der Waals surface area contributed by atoms with Gasteiger partial charge in [0.1, 0.15) is 24.5 Å². The number of pyridine rings is 1. The van der Waals surface area contributed by atoms with Crippen LogP contribution in [-0.2, 0) is 17.8 Å². The molecule has 0 unspecified atom stereocenters. The van der Waals surface area contributed by atoms with E-state index >= 15 is 0 Å². The third kappa shape index (κ3) is 7.08. The molecule has 0 fully saturated rings. The van der Waals surface area contributed by atoms with Crippen molar-refractivity contribution in [2.24, 2.45) is 0 Å². The molecule has 0 saturated carbocycles. The fraction of sp³-hybridized carbons (Fsp3) is 0.103. The average molecular weight is 558 g/mol. The van der Waals surface area contributed by atoms with Gasteiger partial charge in [0.05, 0.1) is 33.1 Å². The molecule has 0 atom stereocenters. The number of carbonyl (C=O) groups excluding carboxylic acids is 1. The zero-order valence-electron chi connectivity index (χ0n) is 20.4. The lowest BCUT2D eigenvalue weighted by Gasteiger charge is -2.11. The second-order valence-corrected chi connectivity index (χ2v) is 9.81. The quantitative estimate of drug-likeness (QED) is 0.231. The summed E-state index contributed by atoms with van der Waals surface area (Å²) in [6.45, 7) is 0.431. The van der Waals surface area contributed by atoms with Crippen LogP contribution in [0.2, 0.25) is 5.02 Å². The molecule has 194 valence electrons. The molecule has 3 heterocycles. The molecule has 3 aromatic heterocycles. The molecule has 0 radical (unpaired) electrons. The van der Waals surface area contributed by atoms with Crippen LogP contribution in [0.4, 0.5) is 15.9 Å². The van der Waals surface area contributed by atoms with Crippen molar-refractivity contribution in [2.45, 2.75) is 13.0 Å². The SMILES string of the molecule is O=C(Cc1cccnc1)NCC#Cc1cc2ncnc(Nc3ccc(OCc4cccc(F)c4)c(Cl)c3)c2s1. The van der Waals surface area contributed by atoms with Crippen molar-refractivity contribution in [1.29, 1.82) is 0 Å². The average Bonchev–Trinajstić information content (AvgIpc) is 3.35. The number of carbonyl (C=O) groups is 1. The van der Waals surface area contributed by atoms with Gasteiger partial charge in [0.15, 0.2) is 5.82 Å². The molecule has 2 aromatic carbocycles. The first-order valence-electron chi connectivity index (χ1n) is 11.9. The Morgan fingerprint density at radius 2 is 1.97 bits per heavy atom. The molecule has 0 bridgehead atoms. The summed E-state index contributed by atoms with van der Waals surface area (Å²) >= 11 is 7.88. The van der Waals surface area contributed by atoms with E-state index < -0.39 is 0 Å². The highest BCUT2D eigenvalue weighted by Crippen LogP contribution is 2.33. The van der Waals surface area contributed by atoms with E-state index in [-0.39, 0.29) is 31.3 Å². The molecular weight excluding hydrogens is 537 g/mol. The molecular formula is C29H21ClFN5O2S. The second kappa shape index (κ2) is 12.3. The number of ether oxygens (including phenoxy) is 1. The first-order chi connectivity index (χ1) is 19.0. The van der Waals surface area contributed by atoms with E-state index in [4.69, 9.17) is 16.3 Å². The predicted octanol–water partition coefficient (Wildman–Crippen LogP) is 5.91. The topological polar surface area (TPSA) is 89.0 Å². The zero-order valence-corrected chi connectivity index (χ0v) is 22.0. The van der Waals surface area contributed by atoms with Gasteiger partial charge in [0.25, 0.3) is 0 Å². The third-order valence-corrected chi connectivity index (χ3v) is 6.80. The smallest absolute Gasteiger partial charge is 0.225 e. The van der Waals surface area contributed by atoms with E-state index in [1.807, 2.05) is 18.2 Å². The van der Waals surface area contributed by atoms with Crippen LogP contribution in [0.15, 0.2) is 79.4 Å². The Hall–Kier alpha value is -4.52. The normalized spacial score (nSPS) is 10.5. The molecule has 7 nitrogen and oxygen atoms in total. The van der Waals surface area contributed by atoms with Gasteiger partial charge < -0.3 is 15.4 Å². The van der Waals surface area contributed by atoms with Crippen molar-refractivity contribution >= 4 is 50.6 Å². The summed E-state index contributed by atoms with van der Waals surface area (Å²) < 4.78 is 20.0. The number of anilines is 2. The van der Waals surface area contributed by atoms with Gasteiger partial charge in [-0.3, -0.25) is 9.78 Å². The molecule has 0 spiro atoms. The maximum atomic E-state index is 13.4. The highest BCUT2D eigenvalue weighted by atomic mass is 35.5. The van der Waals surface area contributed by atoms with E-state index in [0.29, 0.717) is 22.2 Å². The minimum Gasteiger partial charge on any atom is -0.487 e. The van der Waals surface area contributed by atoms with Crippen molar-refractivity contribution in [2.75, 3.05) is 11.9 Å². The van der Waals surface area contributed by atoms with Crippen molar-refractivity contribution in [3.63, 3.8) is 0 Å². The molecule has 39 heavy (non-hydrogen) atoms. The Morgan fingerprint density at radius 1 is 1.08 bits per heavy atom. The summed E-state index contributed by atoms with van der Waals surface area (Å²) in [5.74, 6) is 6.73. The summed E-state index contributed by atoms with van der Waals surface area (Å²) in [6.07, 6.45) is 5.07. The van der Waals surface area contributed by atoms with Crippen molar-refractivity contribution in [1.82, 2.24) is 20.3 Å². The molecule has 1 amide bonds. The standard InChI is InChI=1S/C29H21ClFN5O2S/c30-24-14-22(8-9-26(24)38-17-20-4-1-6-21(31)12-20)36-29-28-25(34-18-35-29)15-23(39-28)7-3-11-33-27(37)13-19-5-2-10-32-16-19/h1-2,4-6,8-10,12,14-16,18H,11,13,17H2,(H,33,37)(H,34,35,36). The Labute approximate surface area is 233 Å². The molecule has 0 saturated heterocycles. The number of aromatic nitrogens is 3. The van der Waals surface area contributed by atoms with Gasteiger partial charge >= 0.3 is 0 Å². The summed E-state index contributed by atoms with van der Waals surface area (Å²) in [5.41, 5.74) is 3.03. The summed E-state index contributed by atoms with van der Waals surface area (Å²) in [4.78, 5) is 25.6. The predicted molar refractivity (Wildman–Crippen MR) is 151 cm³/mol. The Balaban J connectivity index is 1.21. The van der Waals surface area contributed by atoms with Gasteiger partial charge in [-0.2, -0.15) is 0 Å². The number of nitrogens with one attached hydrogen (secondary N) is 2. The molecule has 0 aliphatic heterocycles. The summed E-state index contributed by atoms with van der Waals surface area (Å²) in [6, 6.07) is 17.1. The van der Waals surface area contributed by atoms with E-state index in [2.05, 4.69) is 37.4 Å². The molecule has 2 N–H and O–H groups in total. The van der Waals surface area contributed by atoms with Crippen LogP contribution < -0.4 is 15.4 Å². The molecule has 5 rings (SSSR count). The van der Waals surface area contributed by atoms with Gasteiger partial charge in [-0.15, -0.1) is 11.3 Å². The monoisotopic (exact) mass is 557 g/mol. The fourth-order valence-corrected chi connectivity index (χ4v) is 4.82. The van der Waals surface area contributed by atoms with Crippen LogP contribution in [0.3, 0.4) is 0 Å². The summed E-state index contributed by atoms with van der Waals surface area (Å²) in [5, 5.41) is 6.48. The number of halogens is 2. The van der Waals surface area contributed by atoms with Crippen LogP contribution in [0.25, 0.3) is 10.2 Å². The van der Waals surface area contributed by atoms with Crippen LogP contribution in [-0.4, -0.2) is 27.4 Å². The first kappa shape index (κ1) is 26.1. The highest BCUT2D eigenvalue weighted by Gasteiger charge is 2.10. The maximum Gasteiger partial charge on any atom is 0.225 e. The summed E-state index contributed by atoms with van der Waals surface area (Å²) in [7, 11) is 0. The van der Waals surface area contributed by atoms with Gasteiger partial charge in [-0.1, -0.05) is 41.6 Å². The number of thiophene rings is 1. The van der Waals surface area contributed by atoms with Crippen LogP contribution in [0, 0.1) is 17.7 Å². The Morgan fingerprint density at radius 3 is 2.79 bits per heavy atom. The second-order valence-electron chi connectivity index (χ2n) is 8.35. The zero-order chi connectivity index (χ0) is 27.0. The van der Waals surface area contributed by atoms with Gasteiger partial charge in [-0.25, -0.2) is 14.4 Å².